The second-order valence-corrected chi connectivity index (χ2v) is 7.23. The van der Waals surface area contributed by atoms with Gasteiger partial charge < -0.3 is 15.0 Å². The summed E-state index contributed by atoms with van der Waals surface area (Å²) in [5.74, 6) is -1.18. The third-order valence-electron chi connectivity index (χ3n) is 4.89. The molecule has 0 saturated heterocycles. The second-order valence-electron chi connectivity index (χ2n) is 7.23. The highest BCUT2D eigenvalue weighted by Crippen LogP contribution is 2.25. The molecule has 0 fully saturated rings. The maximum Gasteiger partial charge on any atom is 0.230 e. The predicted molar refractivity (Wildman–Crippen MR) is 114 cm³/mol. The fourth-order valence-electron chi connectivity index (χ4n) is 3.26. The number of anilines is 1. The smallest absolute Gasteiger partial charge is 0.230 e. The summed E-state index contributed by atoms with van der Waals surface area (Å²) < 4.78 is 14.7. The number of halogens is 1. The molecule has 4 rings (SSSR count). The molecule has 0 unspecified atom stereocenters. The van der Waals surface area contributed by atoms with Crippen LogP contribution in [0.2, 0.25) is 0 Å². The van der Waals surface area contributed by atoms with E-state index >= 15 is 0 Å². The van der Waals surface area contributed by atoms with Crippen molar-refractivity contribution >= 4 is 28.4 Å². The molecule has 162 valence electrons. The molecule has 0 spiro atoms. The Labute approximate surface area is 182 Å². The van der Waals surface area contributed by atoms with E-state index in [1.54, 1.807) is 17.0 Å². The standard InChI is InChI=1S/C22H19FN6O3/c1-13(11-30)29-10-19(18-9-25-12-27-22(18)29)21(32)14-4-17(8-24-6-14)28-20(31)5-16-3-2-15(23)7-26-16/h2-4,6-10,12-13,30H,5,11H2,1H3,(H,28,31)/t13-/m1/s1. The van der Waals surface area contributed by atoms with Gasteiger partial charge in [0.05, 0.1) is 42.7 Å². The van der Waals surface area contributed by atoms with E-state index in [1.165, 1.54) is 36.9 Å². The summed E-state index contributed by atoms with van der Waals surface area (Å²) in [6.45, 7) is 1.69. The highest BCUT2D eigenvalue weighted by Gasteiger charge is 2.20. The minimum Gasteiger partial charge on any atom is -0.394 e. The molecule has 2 N–H and O–H groups in total. The predicted octanol–water partition coefficient (Wildman–Crippen LogP) is 2.33. The maximum atomic E-state index is 13.2. The second kappa shape index (κ2) is 8.98. The van der Waals surface area contributed by atoms with Crippen molar-refractivity contribution in [2.75, 3.05) is 11.9 Å². The minimum atomic E-state index is -0.482. The lowest BCUT2D eigenvalue weighted by molar-refractivity contribution is -0.115. The normalized spacial score (nSPS) is 12.0. The van der Waals surface area contributed by atoms with Gasteiger partial charge in [0.15, 0.2) is 5.78 Å². The average molecular weight is 434 g/mol. The van der Waals surface area contributed by atoms with Gasteiger partial charge in [-0.1, -0.05) is 0 Å². The highest BCUT2D eigenvalue weighted by molar-refractivity contribution is 6.16. The van der Waals surface area contributed by atoms with Crippen LogP contribution in [0.4, 0.5) is 10.1 Å². The molecule has 4 aromatic heterocycles. The zero-order valence-electron chi connectivity index (χ0n) is 17.1. The first-order chi connectivity index (χ1) is 15.5. The van der Waals surface area contributed by atoms with Gasteiger partial charge in [-0.05, 0) is 25.1 Å². The Morgan fingerprint density at radius 3 is 2.75 bits per heavy atom. The number of carbonyl (C=O) groups excluding carboxylic acids is 2. The van der Waals surface area contributed by atoms with Crippen LogP contribution in [0, 0.1) is 5.82 Å². The molecule has 4 heterocycles. The number of ketones is 1. The van der Waals surface area contributed by atoms with Crippen LogP contribution in [0.15, 0.2) is 55.5 Å². The van der Waals surface area contributed by atoms with Crippen molar-refractivity contribution in [3.8, 4) is 0 Å². The van der Waals surface area contributed by atoms with Crippen LogP contribution in [-0.4, -0.2) is 47.9 Å². The van der Waals surface area contributed by atoms with Crippen LogP contribution < -0.4 is 5.32 Å². The van der Waals surface area contributed by atoms with Crippen LogP contribution in [0.25, 0.3) is 11.0 Å². The monoisotopic (exact) mass is 434 g/mol. The zero-order valence-corrected chi connectivity index (χ0v) is 17.1. The number of carbonyl (C=O) groups is 2. The SMILES string of the molecule is C[C@H](CO)n1cc(C(=O)c2cncc(NC(=O)Cc3ccc(F)cn3)c2)c2cncnc21. The Balaban J connectivity index is 1.57. The van der Waals surface area contributed by atoms with Crippen LogP contribution in [0.5, 0.6) is 0 Å². The lowest BCUT2D eigenvalue weighted by atomic mass is 10.1. The third kappa shape index (κ3) is 4.35. The summed E-state index contributed by atoms with van der Waals surface area (Å²) in [4.78, 5) is 41.7. The van der Waals surface area contributed by atoms with Gasteiger partial charge in [-0.2, -0.15) is 0 Å². The van der Waals surface area contributed by atoms with Gasteiger partial charge in [0.25, 0.3) is 0 Å². The molecule has 10 heteroatoms. The summed E-state index contributed by atoms with van der Waals surface area (Å²) >= 11 is 0. The Morgan fingerprint density at radius 2 is 2.00 bits per heavy atom. The molecular formula is C22H19FN6O3. The first kappa shape index (κ1) is 21.2. The van der Waals surface area contributed by atoms with Gasteiger partial charge in [-0.3, -0.25) is 19.6 Å². The van der Waals surface area contributed by atoms with E-state index in [1.807, 2.05) is 6.92 Å². The first-order valence-electron chi connectivity index (χ1n) is 9.77. The van der Waals surface area contributed by atoms with Crippen molar-refractivity contribution in [3.63, 3.8) is 0 Å². The van der Waals surface area contributed by atoms with Crippen LogP contribution >= 0.6 is 0 Å². The zero-order chi connectivity index (χ0) is 22.7. The van der Waals surface area contributed by atoms with Gasteiger partial charge in [0, 0.05) is 35.2 Å². The number of nitrogens with zero attached hydrogens (tertiary/aromatic N) is 5. The molecule has 32 heavy (non-hydrogen) atoms. The number of fused-ring (bicyclic) bond motifs is 1. The van der Waals surface area contributed by atoms with Crippen molar-refractivity contribution in [2.24, 2.45) is 0 Å². The summed E-state index contributed by atoms with van der Waals surface area (Å²) in [5.41, 5.74) is 1.92. The van der Waals surface area contributed by atoms with Gasteiger partial charge in [-0.15, -0.1) is 0 Å². The maximum absolute atomic E-state index is 13.2. The molecule has 4 aromatic rings. The number of aromatic nitrogens is 5. The van der Waals surface area contributed by atoms with Crippen LogP contribution in [0.3, 0.4) is 0 Å². The average Bonchev–Trinajstić information content (AvgIpc) is 3.19. The molecule has 1 amide bonds. The fourth-order valence-corrected chi connectivity index (χ4v) is 3.26. The van der Waals surface area contributed by atoms with Gasteiger partial charge in [0.2, 0.25) is 5.91 Å². The number of pyridine rings is 2. The van der Waals surface area contributed by atoms with Gasteiger partial charge in [0.1, 0.15) is 17.8 Å². The molecule has 0 aromatic carbocycles. The molecule has 0 aliphatic carbocycles. The van der Waals surface area contributed by atoms with E-state index in [9.17, 15) is 19.1 Å². The van der Waals surface area contributed by atoms with Crippen molar-refractivity contribution in [1.82, 2.24) is 24.5 Å². The van der Waals surface area contributed by atoms with E-state index in [0.29, 0.717) is 28.0 Å². The summed E-state index contributed by atoms with van der Waals surface area (Å²) in [6.07, 6.45) is 8.38. The topological polar surface area (TPSA) is 123 Å². The molecular weight excluding hydrogens is 415 g/mol. The summed E-state index contributed by atoms with van der Waals surface area (Å²) in [7, 11) is 0. The molecule has 0 aliphatic rings. The molecule has 9 nitrogen and oxygen atoms in total. The number of nitrogens with one attached hydrogen (secondary N) is 1. The number of aliphatic hydroxyl groups is 1. The van der Waals surface area contributed by atoms with E-state index in [-0.39, 0.29) is 36.3 Å². The summed E-state index contributed by atoms with van der Waals surface area (Å²) in [6, 6.07) is 3.90. The lowest BCUT2D eigenvalue weighted by Gasteiger charge is -2.10. The highest BCUT2D eigenvalue weighted by atomic mass is 19.1. The Kier molecular flexibility index (Phi) is 5.95. The molecule has 0 aliphatic heterocycles. The van der Waals surface area contributed by atoms with Crippen molar-refractivity contribution in [3.05, 3.63) is 78.1 Å². The van der Waals surface area contributed by atoms with Crippen molar-refractivity contribution in [2.45, 2.75) is 19.4 Å². The van der Waals surface area contributed by atoms with Crippen LogP contribution in [-0.2, 0) is 11.2 Å². The number of hydrogen-bond acceptors (Lipinski definition) is 7. The van der Waals surface area contributed by atoms with Crippen molar-refractivity contribution in [1.29, 1.82) is 0 Å². The number of rotatable bonds is 7. The molecule has 0 radical (unpaired) electrons. The number of amides is 1. The first-order valence-corrected chi connectivity index (χ1v) is 9.77. The molecule has 0 bridgehead atoms. The van der Waals surface area contributed by atoms with Crippen LogP contribution in [0.1, 0.15) is 34.6 Å². The quantitative estimate of drug-likeness (QED) is 0.428. The van der Waals surface area contributed by atoms with E-state index in [0.717, 1.165) is 6.20 Å². The number of hydrogen-bond donors (Lipinski definition) is 2. The Bertz CT molecular complexity index is 1290. The third-order valence-corrected chi connectivity index (χ3v) is 4.89. The largest absolute Gasteiger partial charge is 0.394 e. The Hall–Kier alpha value is -4.05. The molecule has 0 saturated carbocycles. The molecule has 1 atom stereocenters. The number of aliphatic hydroxyl groups excluding tert-OH is 1. The fraction of sp³-hybridized carbons (Fsp3) is 0.182. The minimum absolute atomic E-state index is 0.0532. The van der Waals surface area contributed by atoms with E-state index in [2.05, 4.69) is 25.3 Å². The van der Waals surface area contributed by atoms with Gasteiger partial charge >= 0.3 is 0 Å². The summed E-state index contributed by atoms with van der Waals surface area (Å²) in [5, 5.41) is 12.8. The van der Waals surface area contributed by atoms with E-state index < -0.39 is 5.82 Å². The lowest BCUT2D eigenvalue weighted by Crippen LogP contribution is -2.16. The van der Waals surface area contributed by atoms with Gasteiger partial charge in [-0.25, -0.2) is 14.4 Å². The Morgan fingerprint density at radius 1 is 1.16 bits per heavy atom. The van der Waals surface area contributed by atoms with Crippen molar-refractivity contribution < 1.29 is 19.1 Å². The van der Waals surface area contributed by atoms with E-state index in [4.69, 9.17) is 0 Å².